The predicted molar refractivity (Wildman–Crippen MR) is 25.5 cm³/mol. The van der Waals surface area contributed by atoms with Crippen LogP contribution in [0.3, 0.4) is 0 Å². The molecule has 0 aromatic carbocycles. The molecule has 0 fully saturated rings. The lowest BCUT2D eigenvalue weighted by Gasteiger charge is -1.98. The number of aliphatic hydroxyl groups excluding tert-OH is 1. The second kappa shape index (κ2) is 3.40. The van der Waals surface area contributed by atoms with Crippen LogP contribution in [-0.2, 0) is 0 Å². The molecule has 2 nitrogen and oxygen atoms in total. The van der Waals surface area contributed by atoms with Gasteiger partial charge in [-0.1, -0.05) is 0 Å². The number of rotatable bonds is 2. The molecule has 0 aliphatic carbocycles. The number of nitrogens with one attached hydrogen (secondary N) is 1. The van der Waals surface area contributed by atoms with Crippen molar-refractivity contribution in [2.24, 2.45) is 0 Å². The van der Waals surface area contributed by atoms with Crippen LogP contribution in [0.15, 0.2) is 0 Å². The lowest BCUT2D eigenvalue weighted by molar-refractivity contribution is 0.266. The van der Waals surface area contributed by atoms with Crippen LogP contribution in [0.5, 0.6) is 0 Å². The molecule has 0 heterocycles. The molecule has 2 N–H and O–H groups in total. The zero-order valence-corrected chi connectivity index (χ0v) is 4.37. The smallest absolute Gasteiger partial charge is 0.0594 e. The molecule has 0 aromatic heterocycles. The van der Waals surface area contributed by atoms with Gasteiger partial charge in [0.2, 0.25) is 0 Å². The summed E-state index contributed by atoms with van der Waals surface area (Å²) in [6.07, 6.45) is 0. The van der Waals surface area contributed by atoms with Crippen LogP contribution < -0.4 is 4.84 Å². The molecule has 0 amide bonds. The van der Waals surface area contributed by atoms with Crippen molar-refractivity contribution in [2.45, 2.75) is 13.0 Å². The van der Waals surface area contributed by atoms with Crippen LogP contribution in [0.4, 0.5) is 0 Å². The molecule has 0 aliphatic rings. The second-order valence-electron chi connectivity index (χ2n) is 1.19. The third-order valence-electron chi connectivity index (χ3n) is 0.460. The fourth-order valence-electron chi connectivity index (χ4n) is 0.0345. The zero-order chi connectivity index (χ0) is 4.99. The molecular formula is C3H8ClNO. The molecule has 0 spiro atoms. The second-order valence-corrected chi connectivity index (χ2v) is 1.41. The van der Waals surface area contributed by atoms with Crippen LogP contribution in [0.2, 0.25) is 0 Å². The molecule has 0 radical (unpaired) electrons. The third-order valence-corrected chi connectivity index (χ3v) is 0.833. The minimum Gasteiger partial charge on any atom is -0.395 e. The van der Waals surface area contributed by atoms with Gasteiger partial charge < -0.3 is 5.11 Å². The quantitative estimate of drug-likeness (QED) is 0.494. The minimum absolute atomic E-state index is 0.00617. The lowest BCUT2D eigenvalue weighted by atomic mass is 10.4. The molecule has 0 aliphatic heterocycles. The Labute approximate surface area is 42.2 Å². The van der Waals surface area contributed by atoms with Gasteiger partial charge in [-0.25, -0.2) is 4.84 Å². The van der Waals surface area contributed by atoms with Gasteiger partial charge in [-0.15, -0.1) is 0 Å². The summed E-state index contributed by atoms with van der Waals surface area (Å²) in [7, 11) is 0. The maximum atomic E-state index is 8.19. The summed E-state index contributed by atoms with van der Waals surface area (Å²) in [4.78, 5) is 2.34. The van der Waals surface area contributed by atoms with E-state index in [1.807, 2.05) is 0 Å². The number of aliphatic hydroxyl groups is 1. The van der Waals surface area contributed by atoms with Crippen LogP contribution in [-0.4, -0.2) is 17.8 Å². The molecule has 1 unspecified atom stereocenters. The summed E-state index contributed by atoms with van der Waals surface area (Å²) in [5, 5.41) is 8.19. The Morgan fingerprint density at radius 2 is 2.50 bits per heavy atom. The van der Waals surface area contributed by atoms with Crippen molar-refractivity contribution < 1.29 is 5.11 Å². The van der Waals surface area contributed by atoms with Gasteiger partial charge in [0.1, 0.15) is 0 Å². The molecule has 1 atom stereocenters. The van der Waals surface area contributed by atoms with Crippen molar-refractivity contribution in [3.05, 3.63) is 0 Å². The monoisotopic (exact) mass is 109 g/mol. The maximum absolute atomic E-state index is 8.19. The SMILES string of the molecule is CC(CO)NCl. The highest BCUT2D eigenvalue weighted by molar-refractivity contribution is 6.13. The van der Waals surface area contributed by atoms with Gasteiger partial charge in [0.05, 0.1) is 6.61 Å². The van der Waals surface area contributed by atoms with Crippen LogP contribution >= 0.6 is 11.8 Å². The Morgan fingerprint density at radius 1 is 2.00 bits per heavy atom. The van der Waals surface area contributed by atoms with Gasteiger partial charge in [-0.3, -0.25) is 0 Å². The standard InChI is InChI=1S/C3H8ClNO/c1-3(2-6)5-4/h3,5-6H,2H2,1H3. The third kappa shape index (κ3) is 2.45. The Kier molecular flexibility index (Phi) is 3.52. The fourth-order valence-corrected chi connectivity index (χ4v) is 0.104. The van der Waals surface area contributed by atoms with Crippen molar-refractivity contribution in [2.75, 3.05) is 6.61 Å². The summed E-state index contributed by atoms with van der Waals surface area (Å²) in [5.74, 6) is 0. The summed E-state index contributed by atoms with van der Waals surface area (Å²) in [5.41, 5.74) is 0. The Morgan fingerprint density at radius 3 is 2.50 bits per heavy atom. The van der Waals surface area contributed by atoms with Gasteiger partial charge in [0, 0.05) is 6.04 Å². The first-order valence-corrected chi connectivity index (χ1v) is 2.16. The first kappa shape index (κ1) is 6.21. The zero-order valence-electron chi connectivity index (χ0n) is 3.61. The van der Waals surface area contributed by atoms with Gasteiger partial charge >= 0.3 is 0 Å². The Hall–Kier alpha value is 0.210. The first-order valence-electron chi connectivity index (χ1n) is 1.78. The highest BCUT2D eigenvalue weighted by Gasteiger charge is 1.90. The average molecular weight is 110 g/mol. The minimum atomic E-state index is 0.00617. The van der Waals surface area contributed by atoms with Crippen molar-refractivity contribution in [3.63, 3.8) is 0 Å². The molecular weight excluding hydrogens is 101 g/mol. The Balaban J connectivity index is 2.75. The maximum Gasteiger partial charge on any atom is 0.0594 e. The van der Waals surface area contributed by atoms with Crippen LogP contribution in [0, 0.1) is 0 Å². The van der Waals surface area contributed by atoms with E-state index in [1.165, 1.54) is 0 Å². The van der Waals surface area contributed by atoms with Crippen LogP contribution in [0.25, 0.3) is 0 Å². The largest absolute Gasteiger partial charge is 0.395 e. The lowest BCUT2D eigenvalue weighted by Crippen LogP contribution is -2.19. The van der Waals surface area contributed by atoms with Crippen molar-refractivity contribution in [3.8, 4) is 0 Å². The summed E-state index contributed by atoms with van der Waals surface area (Å²) in [6, 6.07) is 0.00617. The van der Waals surface area contributed by atoms with E-state index < -0.39 is 0 Å². The summed E-state index contributed by atoms with van der Waals surface area (Å²) < 4.78 is 0. The number of hydrogen-bond acceptors (Lipinski definition) is 2. The first-order chi connectivity index (χ1) is 2.81. The highest BCUT2D eigenvalue weighted by Crippen LogP contribution is 1.76. The molecule has 0 saturated heterocycles. The van der Waals surface area contributed by atoms with E-state index in [0.29, 0.717) is 0 Å². The molecule has 6 heavy (non-hydrogen) atoms. The number of hydrogen-bond donors (Lipinski definition) is 2. The van der Waals surface area contributed by atoms with E-state index in [4.69, 9.17) is 16.9 Å². The number of halogens is 1. The van der Waals surface area contributed by atoms with Gasteiger partial charge in [-0.05, 0) is 18.7 Å². The van der Waals surface area contributed by atoms with E-state index in [2.05, 4.69) is 4.84 Å². The van der Waals surface area contributed by atoms with Gasteiger partial charge in [0.25, 0.3) is 0 Å². The van der Waals surface area contributed by atoms with Crippen molar-refractivity contribution >= 4 is 11.8 Å². The van der Waals surface area contributed by atoms with E-state index >= 15 is 0 Å². The van der Waals surface area contributed by atoms with E-state index in [1.54, 1.807) is 6.92 Å². The highest BCUT2D eigenvalue weighted by atomic mass is 35.5. The fraction of sp³-hybridized carbons (Fsp3) is 1.00. The molecule has 3 heteroatoms. The van der Waals surface area contributed by atoms with Crippen LogP contribution in [0.1, 0.15) is 6.92 Å². The van der Waals surface area contributed by atoms with Gasteiger partial charge in [0.15, 0.2) is 0 Å². The molecule has 38 valence electrons. The van der Waals surface area contributed by atoms with Gasteiger partial charge in [-0.2, -0.15) is 0 Å². The molecule has 0 bridgehead atoms. The molecule has 0 aromatic rings. The normalized spacial score (nSPS) is 14.5. The van der Waals surface area contributed by atoms with Crippen molar-refractivity contribution in [1.82, 2.24) is 4.84 Å². The average Bonchev–Trinajstić information content (AvgIpc) is 1.65. The Bertz CT molecular complexity index is 30.0. The van der Waals surface area contributed by atoms with E-state index in [-0.39, 0.29) is 12.6 Å². The topological polar surface area (TPSA) is 32.3 Å². The summed E-state index contributed by atoms with van der Waals surface area (Å²) >= 11 is 5.04. The predicted octanol–water partition coefficient (Wildman–Crippen LogP) is 0.111. The van der Waals surface area contributed by atoms with E-state index in [9.17, 15) is 0 Å². The molecule has 0 saturated carbocycles. The van der Waals surface area contributed by atoms with E-state index in [0.717, 1.165) is 0 Å². The summed E-state index contributed by atoms with van der Waals surface area (Å²) in [6.45, 7) is 1.87. The van der Waals surface area contributed by atoms with Crippen molar-refractivity contribution in [1.29, 1.82) is 0 Å². The molecule has 0 rings (SSSR count).